The highest BCUT2D eigenvalue weighted by Crippen LogP contribution is 2.55. The molecule has 1 nitrogen and oxygen atoms in total. The Hall–Kier alpha value is -5.40. The molecule has 9 rings (SSSR count). The lowest BCUT2D eigenvalue weighted by Gasteiger charge is -2.33. The highest BCUT2D eigenvalue weighted by molar-refractivity contribution is 6.00. The smallest absolute Gasteiger partial charge is 0.0462 e. The van der Waals surface area contributed by atoms with Crippen molar-refractivity contribution < 1.29 is 0 Å². The van der Waals surface area contributed by atoms with Gasteiger partial charge < -0.3 is 4.90 Å². The van der Waals surface area contributed by atoms with E-state index in [9.17, 15) is 0 Å². The van der Waals surface area contributed by atoms with Gasteiger partial charge in [-0.1, -0.05) is 250 Å². The van der Waals surface area contributed by atoms with Gasteiger partial charge in [0.1, 0.15) is 0 Å². The van der Waals surface area contributed by atoms with Crippen LogP contribution in [0.5, 0.6) is 0 Å². The van der Waals surface area contributed by atoms with Crippen molar-refractivity contribution in [2.24, 2.45) is 0 Å². The van der Waals surface area contributed by atoms with Crippen LogP contribution in [0.1, 0.15) is 188 Å². The average molecular weight is 926 g/mol. The van der Waals surface area contributed by atoms with Gasteiger partial charge in [-0.05, 0) is 148 Å². The van der Waals surface area contributed by atoms with Crippen LogP contribution < -0.4 is 4.90 Å². The third-order valence-electron chi connectivity index (χ3n) is 16.5. The molecule has 0 unspecified atom stereocenters. The molecule has 0 aromatic heterocycles. The fraction of sp³-hybridized carbons (Fsp3) is 0.420. The van der Waals surface area contributed by atoms with Crippen LogP contribution in [-0.2, 0) is 18.3 Å². The molecule has 364 valence electrons. The van der Waals surface area contributed by atoms with Crippen LogP contribution in [0.15, 0.2) is 140 Å². The Morgan fingerprint density at radius 1 is 0.371 bits per heavy atom. The maximum atomic E-state index is 2.63. The first-order valence-electron chi connectivity index (χ1n) is 28.3. The molecular formula is C69H83N. The van der Waals surface area contributed by atoms with Crippen LogP contribution in [0, 0.1) is 13.8 Å². The number of benzene rings is 7. The van der Waals surface area contributed by atoms with Crippen LogP contribution in [0.4, 0.5) is 17.1 Å². The number of nitrogens with zero attached hydrogens (tertiary/aromatic N) is 1. The van der Waals surface area contributed by atoms with Crippen LogP contribution in [0.3, 0.4) is 0 Å². The molecule has 0 spiro atoms. The molecule has 0 atom stereocenters. The van der Waals surface area contributed by atoms with Crippen molar-refractivity contribution in [3.63, 3.8) is 0 Å². The average Bonchev–Trinajstić information content (AvgIpc) is 3.63. The van der Waals surface area contributed by atoms with Gasteiger partial charge in [0.15, 0.2) is 0 Å². The fourth-order valence-corrected chi connectivity index (χ4v) is 12.3. The Labute approximate surface area is 424 Å². The molecule has 1 heteroatoms. The molecule has 0 radical (unpaired) electrons. The first-order valence-corrected chi connectivity index (χ1v) is 28.3. The molecule has 0 heterocycles. The largest absolute Gasteiger partial charge is 0.311 e. The van der Waals surface area contributed by atoms with E-state index in [0.717, 1.165) is 0 Å². The van der Waals surface area contributed by atoms with E-state index in [2.05, 4.69) is 172 Å². The monoisotopic (exact) mass is 926 g/mol. The van der Waals surface area contributed by atoms with Gasteiger partial charge in [-0.15, -0.1) is 0 Å². The summed E-state index contributed by atoms with van der Waals surface area (Å²) in [4.78, 5) is 2.42. The number of fused-ring (bicyclic) bond motifs is 6. The number of unbranched alkanes of at least 4 members (excludes halogenated alkanes) is 18. The summed E-state index contributed by atoms with van der Waals surface area (Å²) < 4.78 is 0. The summed E-state index contributed by atoms with van der Waals surface area (Å²) in [7, 11) is 0. The molecule has 70 heavy (non-hydrogen) atoms. The van der Waals surface area contributed by atoms with Crippen LogP contribution >= 0.6 is 0 Å². The molecule has 0 bridgehead atoms. The third-order valence-corrected chi connectivity index (χ3v) is 16.5. The second-order valence-electron chi connectivity index (χ2n) is 21.6. The number of rotatable bonds is 27. The molecule has 2 aliphatic carbocycles. The zero-order valence-electron chi connectivity index (χ0n) is 43.7. The number of hydrogen-bond acceptors (Lipinski definition) is 1. The van der Waals surface area contributed by atoms with Gasteiger partial charge in [-0.2, -0.15) is 0 Å². The van der Waals surface area contributed by atoms with Crippen molar-refractivity contribution in [1.82, 2.24) is 0 Å². The molecule has 2 aliphatic rings. The molecule has 7 aromatic rings. The van der Waals surface area contributed by atoms with Crippen molar-refractivity contribution in [3.8, 4) is 33.4 Å². The van der Waals surface area contributed by atoms with Crippen molar-refractivity contribution in [2.45, 2.75) is 187 Å². The zero-order chi connectivity index (χ0) is 48.1. The minimum Gasteiger partial charge on any atom is -0.311 e. The van der Waals surface area contributed by atoms with E-state index >= 15 is 0 Å². The Morgan fingerprint density at radius 3 is 1.34 bits per heavy atom. The molecule has 0 saturated carbocycles. The summed E-state index contributed by atoms with van der Waals surface area (Å²) >= 11 is 0. The van der Waals surface area contributed by atoms with E-state index in [1.54, 1.807) is 11.1 Å². The lowest BCUT2D eigenvalue weighted by Crippen LogP contribution is -2.25. The SMILES string of the molecule is CCCCCCCCCCCCC1(CCCCCCCCCCCC)c2cc(C)ccc2-c2ccc(-c3ccc(N(c4ccc(C)cc4)c4ccc(-c5cc6c(c7ccccc57)CC6)cc4)cc3)cc21. The van der Waals surface area contributed by atoms with Gasteiger partial charge in [0, 0.05) is 22.5 Å². The van der Waals surface area contributed by atoms with E-state index in [0.29, 0.717) is 0 Å². The minimum atomic E-state index is 0.0637. The number of aryl methyl sites for hydroxylation is 4. The third kappa shape index (κ3) is 11.4. The summed E-state index contributed by atoms with van der Waals surface area (Å²) in [5, 5.41) is 2.78. The Morgan fingerprint density at radius 2 is 0.814 bits per heavy atom. The lowest BCUT2D eigenvalue weighted by molar-refractivity contribution is 0.397. The first-order chi connectivity index (χ1) is 34.5. The highest BCUT2D eigenvalue weighted by Gasteiger charge is 2.42. The molecule has 0 N–H and O–H groups in total. The quantitative estimate of drug-likeness (QED) is 0.0465. The van der Waals surface area contributed by atoms with Gasteiger partial charge in [-0.25, -0.2) is 0 Å². The van der Waals surface area contributed by atoms with Crippen molar-refractivity contribution in [1.29, 1.82) is 0 Å². The second kappa shape index (κ2) is 24.1. The maximum Gasteiger partial charge on any atom is 0.0462 e. The molecule has 7 aromatic carbocycles. The normalized spacial score (nSPS) is 13.3. The Kier molecular flexibility index (Phi) is 17.1. The summed E-state index contributed by atoms with van der Waals surface area (Å²) in [5.41, 5.74) is 20.7. The van der Waals surface area contributed by atoms with Crippen molar-refractivity contribution in [2.75, 3.05) is 4.90 Å². The highest BCUT2D eigenvalue weighted by atomic mass is 15.1. The van der Waals surface area contributed by atoms with Gasteiger partial charge in [0.25, 0.3) is 0 Å². The van der Waals surface area contributed by atoms with E-state index in [4.69, 9.17) is 0 Å². The maximum absolute atomic E-state index is 2.63. The van der Waals surface area contributed by atoms with E-state index in [1.807, 2.05) is 0 Å². The first kappa shape index (κ1) is 49.6. The minimum absolute atomic E-state index is 0.0637. The summed E-state index contributed by atoms with van der Waals surface area (Å²) in [6.45, 7) is 9.13. The standard InChI is InChI=1S/C69H83N/c1-5-7-9-11-13-15-17-19-21-25-47-69(48-26-22-20-18-16-14-12-10-8-6-2)67-49-53(4)31-44-64(67)65-46-36-56(51-68(65)69)54-32-40-59(41-33-54)70(58-38-29-52(3)30-39-58)60-42-34-55(35-43-60)66-50-57-37-45-61(57)62-27-23-24-28-63(62)66/h23-24,27-36,38-44,46,49-51H,5-22,25-26,37,45,47-48H2,1-4H3. The van der Waals surface area contributed by atoms with E-state index in [1.165, 1.54) is 238 Å². The second-order valence-corrected chi connectivity index (χ2v) is 21.6. The molecular weight excluding hydrogens is 843 g/mol. The predicted octanol–water partition coefficient (Wildman–Crippen LogP) is 21.2. The van der Waals surface area contributed by atoms with Gasteiger partial charge in [0.05, 0.1) is 0 Å². The molecule has 0 fully saturated rings. The number of hydrogen-bond donors (Lipinski definition) is 0. The Bertz CT molecular complexity index is 2730. The summed E-state index contributed by atoms with van der Waals surface area (Å²) in [5.74, 6) is 0. The Balaban J connectivity index is 0.977. The van der Waals surface area contributed by atoms with Gasteiger partial charge >= 0.3 is 0 Å². The van der Waals surface area contributed by atoms with E-state index < -0.39 is 0 Å². The van der Waals surface area contributed by atoms with E-state index in [-0.39, 0.29) is 5.41 Å². The van der Waals surface area contributed by atoms with Crippen LogP contribution in [0.25, 0.3) is 44.2 Å². The molecule has 0 saturated heterocycles. The fourth-order valence-electron chi connectivity index (χ4n) is 12.3. The topological polar surface area (TPSA) is 3.24 Å². The number of anilines is 3. The van der Waals surface area contributed by atoms with Crippen LogP contribution in [0.2, 0.25) is 0 Å². The van der Waals surface area contributed by atoms with Crippen LogP contribution in [-0.4, -0.2) is 0 Å². The van der Waals surface area contributed by atoms with Crippen molar-refractivity contribution >= 4 is 27.8 Å². The summed E-state index contributed by atoms with van der Waals surface area (Å²) in [6.07, 6.45) is 32.5. The molecule has 0 amide bonds. The molecule has 0 aliphatic heterocycles. The predicted molar refractivity (Wildman–Crippen MR) is 306 cm³/mol. The van der Waals surface area contributed by atoms with Gasteiger partial charge in [0.2, 0.25) is 0 Å². The van der Waals surface area contributed by atoms with Crippen molar-refractivity contribution in [3.05, 3.63) is 173 Å². The lowest BCUT2D eigenvalue weighted by atomic mass is 9.70. The van der Waals surface area contributed by atoms with Gasteiger partial charge in [-0.3, -0.25) is 0 Å². The summed E-state index contributed by atoms with van der Waals surface area (Å²) in [6, 6.07) is 54.1. The zero-order valence-corrected chi connectivity index (χ0v) is 43.7.